The molecule has 3 nitrogen and oxygen atoms in total. The molecule has 0 aromatic carbocycles. The van der Waals surface area contributed by atoms with Crippen molar-refractivity contribution >= 4 is 5.97 Å². The Labute approximate surface area is 111 Å². The van der Waals surface area contributed by atoms with Gasteiger partial charge in [0.25, 0.3) is 0 Å². The summed E-state index contributed by atoms with van der Waals surface area (Å²) in [6.07, 6.45) is 7.98. The van der Waals surface area contributed by atoms with Gasteiger partial charge in [-0.1, -0.05) is 20.3 Å². The van der Waals surface area contributed by atoms with E-state index < -0.39 is 5.97 Å². The molecular formula is C15H27NO2. The highest BCUT2D eigenvalue weighted by atomic mass is 16.4. The highest BCUT2D eigenvalue weighted by Crippen LogP contribution is 2.39. The van der Waals surface area contributed by atoms with Gasteiger partial charge in [0.15, 0.2) is 0 Å². The van der Waals surface area contributed by atoms with Crippen LogP contribution in [0.25, 0.3) is 0 Å². The van der Waals surface area contributed by atoms with Gasteiger partial charge in [-0.05, 0) is 51.0 Å². The molecule has 0 aliphatic heterocycles. The van der Waals surface area contributed by atoms with Crippen LogP contribution >= 0.6 is 0 Å². The molecule has 2 rings (SSSR count). The van der Waals surface area contributed by atoms with Crippen molar-refractivity contribution in [1.29, 1.82) is 0 Å². The van der Waals surface area contributed by atoms with Gasteiger partial charge in [-0.2, -0.15) is 0 Å². The van der Waals surface area contributed by atoms with Gasteiger partial charge in [-0.3, -0.25) is 9.69 Å². The van der Waals surface area contributed by atoms with Crippen LogP contribution < -0.4 is 0 Å². The van der Waals surface area contributed by atoms with E-state index in [0.717, 1.165) is 38.1 Å². The summed E-state index contributed by atoms with van der Waals surface area (Å²) >= 11 is 0. The second-order valence-electron chi connectivity index (χ2n) is 6.07. The molecule has 0 spiro atoms. The average Bonchev–Trinajstić information content (AvgIpc) is 3.19. The van der Waals surface area contributed by atoms with Crippen LogP contribution in [-0.2, 0) is 4.79 Å². The standard InChI is InChI=1S/C15H27NO2/c1-3-9-16(12-6-7-12)14-10-11(4-2)5-8-13(14)15(17)18/h11-14H,3-10H2,1-2H3,(H,17,18). The molecule has 18 heavy (non-hydrogen) atoms. The second-order valence-corrected chi connectivity index (χ2v) is 6.07. The summed E-state index contributed by atoms with van der Waals surface area (Å²) in [6, 6.07) is 0.987. The number of carbonyl (C=O) groups is 1. The molecule has 0 heterocycles. The van der Waals surface area contributed by atoms with Crippen molar-refractivity contribution in [2.75, 3.05) is 6.54 Å². The minimum Gasteiger partial charge on any atom is -0.481 e. The van der Waals surface area contributed by atoms with Crippen LogP contribution in [0.15, 0.2) is 0 Å². The maximum absolute atomic E-state index is 11.5. The second kappa shape index (κ2) is 6.05. The lowest BCUT2D eigenvalue weighted by molar-refractivity contribution is -0.146. The van der Waals surface area contributed by atoms with Crippen molar-refractivity contribution in [3.05, 3.63) is 0 Å². The Bertz CT molecular complexity index is 288. The number of carboxylic acids is 1. The Balaban J connectivity index is 2.08. The fourth-order valence-corrected chi connectivity index (χ4v) is 3.54. The van der Waals surface area contributed by atoms with Gasteiger partial charge in [0.05, 0.1) is 5.92 Å². The molecule has 2 fully saturated rings. The molecule has 3 atom stereocenters. The maximum atomic E-state index is 11.5. The third kappa shape index (κ3) is 3.05. The fourth-order valence-electron chi connectivity index (χ4n) is 3.54. The maximum Gasteiger partial charge on any atom is 0.308 e. The zero-order valence-corrected chi connectivity index (χ0v) is 11.8. The third-order valence-electron chi connectivity index (χ3n) is 4.74. The smallest absolute Gasteiger partial charge is 0.308 e. The highest BCUT2D eigenvalue weighted by molar-refractivity contribution is 5.71. The van der Waals surface area contributed by atoms with Gasteiger partial charge < -0.3 is 5.11 Å². The van der Waals surface area contributed by atoms with Crippen LogP contribution in [-0.4, -0.2) is 34.6 Å². The van der Waals surface area contributed by atoms with E-state index in [2.05, 4.69) is 18.7 Å². The van der Waals surface area contributed by atoms with E-state index >= 15 is 0 Å². The molecule has 1 N–H and O–H groups in total. The van der Waals surface area contributed by atoms with Crippen LogP contribution in [0.1, 0.15) is 58.8 Å². The lowest BCUT2D eigenvalue weighted by atomic mass is 9.76. The summed E-state index contributed by atoms with van der Waals surface area (Å²) in [5.41, 5.74) is 0. The monoisotopic (exact) mass is 253 g/mol. The van der Waals surface area contributed by atoms with Crippen molar-refractivity contribution < 1.29 is 9.90 Å². The number of hydrogen-bond donors (Lipinski definition) is 1. The van der Waals surface area contributed by atoms with Crippen LogP contribution in [0, 0.1) is 11.8 Å². The normalized spacial score (nSPS) is 32.7. The van der Waals surface area contributed by atoms with E-state index in [4.69, 9.17) is 0 Å². The van der Waals surface area contributed by atoms with Crippen molar-refractivity contribution in [3.8, 4) is 0 Å². The molecule has 0 amide bonds. The Kier molecular flexibility index (Phi) is 4.66. The van der Waals surface area contributed by atoms with Gasteiger partial charge >= 0.3 is 5.97 Å². The van der Waals surface area contributed by atoms with E-state index in [0.29, 0.717) is 12.1 Å². The first-order chi connectivity index (χ1) is 8.67. The molecule has 3 unspecified atom stereocenters. The van der Waals surface area contributed by atoms with Crippen molar-refractivity contribution in [1.82, 2.24) is 4.90 Å². The first-order valence-electron chi connectivity index (χ1n) is 7.65. The zero-order valence-electron chi connectivity index (χ0n) is 11.8. The number of nitrogens with zero attached hydrogens (tertiary/aromatic N) is 1. The molecule has 0 aromatic rings. The summed E-state index contributed by atoms with van der Waals surface area (Å²) in [5.74, 6) is 0.0416. The quantitative estimate of drug-likeness (QED) is 0.790. The zero-order chi connectivity index (χ0) is 13.1. The molecular weight excluding hydrogens is 226 g/mol. The largest absolute Gasteiger partial charge is 0.481 e. The predicted octanol–water partition coefficient (Wildman–Crippen LogP) is 3.14. The first-order valence-corrected chi connectivity index (χ1v) is 7.65. The topological polar surface area (TPSA) is 40.5 Å². The number of carboxylic acid groups (broad SMARTS) is 1. The summed E-state index contributed by atoms with van der Waals surface area (Å²) < 4.78 is 0. The summed E-state index contributed by atoms with van der Waals surface area (Å²) in [6.45, 7) is 5.52. The first kappa shape index (κ1) is 13.9. The molecule has 104 valence electrons. The highest BCUT2D eigenvalue weighted by Gasteiger charge is 2.42. The molecule has 0 radical (unpaired) electrons. The third-order valence-corrected chi connectivity index (χ3v) is 4.74. The summed E-state index contributed by atoms with van der Waals surface area (Å²) in [5, 5.41) is 9.46. The number of aliphatic carboxylic acids is 1. The molecule has 0 bridgehead atoms. The molecule has 3 heteroatoms. The Morgan fingerprint density at radius 3 is 2.44 bits per heavy atom. The van der Waals surface area contributed by atoms with Crippen LogP contribution in [0.4, 0.5) is 0 Å². The minimum atomic E-state index is -0.573. The van der Waals surface area contributed by atoms with Crippen LogP contribution in [0.2, 0.25) is 0 Å². The SMILES string of the molecule is CCCN(C1CC1)C1CC(CC)CCC1C(=O)O. The Hall–Kier alpha value is -0.570. The molecule has 2 aliphatic carbocycles. The van der Waals surface area contributed by atoms with Crippen molar-refractivity contribution in [2.45, 2.75) is 70.9 Å². The van der Waals surface area contributed by atoms with Crippen LogP contribution in [0.3, 0.4) is 0 Å². The Morgan fingerprint density at radius 1 is 1.22 bits per heavy atom. The number of hydrogen-bond acceptors (Lipinski definition) is 2. The molecule has 2 aliphatic rings. The van der Waals surface area contributed by atoms with E-state index in [1.165, 1.54) is 19.3 Å². The lowest BCUT2D eigenvalue weighted by Crippen LogP contribution is -2.48. The van der Waals surface area contributed by atoms with Crippen molar-refractivity contribution in [3.63, 3.8) is 0 Å². The van der Waals surface area contributed by atoms with E-state index in [1.807, 2.05) is 0 Å². The van der Waals surface area contributed by atoms with Gasteiger partial charge in [0.1, 0.15) is 0 Å². The Morgan fingerprint density at radius 2 is 1.94 bits per heavy atom. The lowest BCUT2D eigenvalue weighted by Gasteiger charge is -2.41. The van der Waals surface area contributed by atoms with Gasteiger partial charge in [-0.25, -0.2) is 0 Å². The fraction of sp³-hybridized carbons (Fsp3) is 0.933. The van der Waals surface area contributed by atoms with Gasteiger partial charge in [0, 0.05) is 12.1 Å². The van der Waals surface area contributed by atoms with E-state index in [-0.39, 0.29) is 5.92 Å². The summed E-state index contributed by atoms with van der Waals surface area (Å²) in [7, 11) is 0. The van der Waals surface area contributed by atoms with Crippen LogP contribution in [0.5, 0.6) is 0 Å². The molecule has 2 saturated carbocycles. The molecule has 0 saturated heterocycles. The molecule has 0 aromatic heterocycles. The van der Waals surface area contributed by atoms with E-state index in [9.17, 15) is 9.90 Å². The predicted molar refractivity (Wildman–Crippen MR) is 72.6 cm³/mol. The van der Waals surface area contributed by atoms with Gasteiger partial charge in [0.2, 0.25) is 0 Å². The van der Waals surface area contributed by atoms with Crippen molar-refractivity contribution in [2.24, 2.45) is 11.8 Å². The average molecular weight is 253 g/mol. The van der Waals surface area contributed by atoms with E-state index in [1.54, 1.807) is 0 Å². The van der Waals surface area contributed by atoms with Gasteiger partial charge in [-0.15, -0.1) is 0 Å². The summed E-state index contributed by atoms with van der Waals surface area (Å²) in [4.78, 5) is 14.0. The minimum absolute atomic E-state index is 0.125. The number of rotatable bonds is 6.